The first-order valence-corrected chi connectivity index (χ1v) is 10.8. The van der Waals surface area contributed by atoms with E-state index in [0.29, 0.717) is 18.5 Å². The van der Waals surface area contributed by atoms with Crippen molar-refractivity contribution in [2.24, 2.45) is 0 Å². The SMILES string of the molecule is CCCC(=O)Nc1cccc(CNC(=O)c2cc(C(C)C)nc3c2cnn3C(C)C)c1. The molecule has 0 aliphatic rings. The average molecular weight is 422 g/mol. The number of aromatic nitrogens is 3. The topological polar surface area (TPSA) is 88.9 Å². The van der Waals surface area contributed by atoms with Crippen LogP contribution in [0.15, 0.2) is 36.5 Å². The molecule has 0 saturated carbocycles. The third-order valence-corrected chi connectivity index (χ3v) is 5.05. The van der Waals surface area contributed by atoms with Gasteiger partial charge < -0.3 is 10.6 Å². The molecule has 7 nitrogen and oxygen atoms in total. The van der Waals surface area contributed by atoms with Crippen LogP contribution in [0, 0.1) is 0 Å². The molecule has 0 saturated heterocycles. The quantitative estimate of drug-likeness (QED) is 0.546. The monoisotopic (exact) mass is 421 g/mol. The molecule has 2 aromatic heterocycles. The van der Waals surface area contributed by atoms with Gasteiger partial charge in [0.05, 0.1) is 17.1 Å². The molecule has 0 fully saturated rings. The number of hydrogen-bond donors (Lipinski definition) is 2. The Hall–Kier alpha value is -3.22. The minimum atomic E-state index is -0.168. The predicted octanol–water partition coefficient (Wildman–Crippen LogP) is 4.80. The number of fused-ring (bicyclic) bond motifs is 1. The van der Waals surface area contributed by atoms with E-state index in [1.807, 2.05) is 55.8 Å². The van der Waals surface area contributed by atoms with E-state index in [-0.39, 0.29) is 23.8 Å². The lowest BCUT2D eigenvalue weighted by molar-refractivity contribution is -0.116. The van der Waals surface area contributed by atoms with Gasteiger partial charge in [0.15, 0.2) is 5.65 Å². The van der Waals surface area contributed by atoms with Gasteiger partial charge in [-0.15, -0.1) is 0 Å². The summed E-state index contributed by atoms with van der Waals surface area (Å²) < 4.78 is 1.85. The number of benzene rings is 1. The van der Waals surface area contributed by atoms with E-state index in [2.05, 4.69) is 29.6 Å². The maximum absolute atomic E-state index is 13.1. The Labute approximate surface area is 183 Å². The van der Waals surface area contributed by atoms with Crippen LogP contribution in [0.1, 0.15) is 81.0 Å². The van der Waals surface area contributed by atoms with Crippen molar-refractivity contribution >= 4 is 28.5 Å². The van der Waals surface area contributed by atoms with Gasteiger partial charge in [0.1, 0.15) is 0 Å². The van der Waals surface area contributed by atoms with Crippen molar-refractivity contribution in [1.29, 1.82) is 0 Å². The molecular formula is C24H31N5O2. The summed E-state index contributed by atoms with van der Waals surface area (Å²) in [5, 5.41) is 11.1. The highest BCUT2D eigenvalue weighted by Gasteiger charge is 2.19. The van der Waals surface area contributed by atoms with E-state index in [1.54, 1.807) is 6.20 Å². The first-order valence-electron chi connectivity index (χ1n) is 10.8. The van der Waals surface area contributed by atoms with Crippen LogP contribution in [0.3, 0.4) is 0 Å². The molecule has 0 unspecified atom stereocenters. The molecule has 1 aromatic carbocycles. The van der Waals surface area contributed by atoms with Gasteiger partial charge in [-0.25, -0.2) is 9.67 Å². The summed E-state index contributed by atoms with van der Waals surface area (Å²) in [6.07, 6.45) is 3.00. The fourth-order valence-electron chi connectivity index (χ4n) is 3.39. The predicted molar refractivity (Wildman–Crippen MR) is 123 cm³/mol. The van der Waals surface area contributed by atoms with E-state index in [1.165, 1.54) is 0 Å². The smallest absolute Gasteiger partial charge is 0.252 e. The summed E-state index contributed by atoms with van der Waals surface area (Å²) in [7, 11) is 0. The first kappa shape index (κ1) is 22.5. The molecule has 164 valence electrons. The number of carbonyl (C=O) groups is 2. The van der Waals surface area contributed by atoms with Crippen molar-refractivity contribution in [1.82, 2.24) is 20.1 Å². The van der Waals surface area contributed by atoms with Crippen molar-refractivity contribution in [2.75, 3.05) is 5.32 Å². The highest BCUT2D eigenvalue weighted by Crippen LogP contribution is 2.24. The van der Waals surface area contributed by atoms with Crippen molar-refractivity contribution in [2.45, 2.75) is 66.0 Å². The summed E-state index contributed by atoms with van der Waals surface area (Å²) in [4.78, 5) is 29.7. The Bertz CT molecular complexity index is 1080. The molecule has 31 heavy (non-hydrogen) atoms. The van der Waals surface area contributed by atoms with E-state index >= 15 is 0 Å². The van der Waals surface area contributed by atoms with Gasteiger partial charge in [-0.1, -0.05) is 32.9 Å². The third kappa shape index (κ3) is 5.29. The number of hydrogen-bond acceptors (Lipinski definition) is 4. The lowest BCUT2D eigenvalue weighted by Gasteiger charge is -2.13. The lowest BCUT2D eigenvalue weighted by atomic mass is 10.0. The molecule has 2 heterocycles. The van der Waals surface area contributed by atoms with Crippen molar-refractivity contribution < 1.29 is 9.59 Å². The summed E-state index contributed by atoms with van der Waals surface area (Å²) >= 11 is 0. The Kier molecular flexibility index (Phi) is 7.05. The Morgan fingerprint density at radius 3 is 2.58 bits per heavy atom. The van der Waals surface area contributed by atoms with Gasteiger partial charge in [0.25, 0.3) is 5.91 Å². The van der Waals surface area contributed by atoms with Crippen LogP contribution < -0.4 is 10.6 Å². The average Bonchev–Trinajstić information content (AvgIpc) is 3.16. The number of amides is 2. The van der Waals surface area contributed by atoms with E-state index in [4.69, 9.17) is 4.98 Å². The highest BCUT2D eigenvalue weighted by atomic mass is 16.2. The van der Waals surface area contributed by atoms with Gasteiger partial charge >= 0.3 is 0 Å². The summed E-state index contributed by atoms with van der Waals surface area (Å²) in [6, 6.07) is 9.53. The summed E-state index contributed by atoms with van der Waals surface area (Å²) in [5.74, 6) is 0.0131. The van der Waals surface area contributed by atoms with Gasteiger partial charge in [0.2, 0.25) is 5.91 Å². The normalized spacial score (nSPS) is 11.3. The fourth-order valence-corrected chi connectivity index (χ4v) is 3.39. The molecule has 7 heteroatoms. The maximum Gasteiger partial charge on any atom is 0.252 e. The Balaban J connectivity index is 1.82. The van der Waals surface area contributed by atoms with Crippen LogP contribution in [0.2, 0.25) is 0 Å². The van der Waals surface area contributed by atoms with E-state index in [9.17, 15) is 9.59 Å². The molecule has 2 N–H and O–H groups in total. The molecule has 0 aliphatic heterocycles. The van der Waals surface area contributed by atoms with Gasteiger partial charge in [-0.2, -0.15) is 5.10 Å². The zero-order valence-electron chi connectivity index (χ0n) is 18.9. The molecule has 0 bridgehead atoms. The molecule has 3 rings (SSSR count). The number of pyridine rings is 1. The molecule has 2 amide bonds. The summed E-state index contributed by atoms with van der Waals surface area (Å²) in [5.41, 5.74) is 3.81. The standard InChI is InChI=1S/C24H31N5O2/c1-6-8-22(30)27-18-10-7-9-17(11-18)13-25-24(31)19-12-21(15(2)3)28-23-20(19)14-26-29(23)16(4)5/h7,9-12,14-16H,6,8,13H2,1-5H3,(H,25,31)(H,27,30). The van der Waals surface area contributed by atoms with Crippen LogP contribution >= 0.6 is 0 Å². The summed E-state index contributed by atoms with van der Waals surface area (Å²) in [6.45, 7) is 10.5. The zero-order chi connectivity index (χ0) is 22.5. The molecule has 0 radical (unpaired) electrons. The van der Waals surface area contributed by atoms with Crippen LogP contribution in [0.25, 0.3) is 11.0 Å². The minimum absolute atomic E-state index is 0.00811. The number of nitrogens with one attached hydrogen (secondary N) is 2. The van der Waals surface area contributed by atoms with Gasteiger partial charge in [-0.3, -0.25) is 9.59 Å². The molecular weight excluding hydrogens is 390 g/mol. The van der Waals surface area contributed by atoms with Crippen molar-refractivity contribution in [3.63, 3.8) is 0 Å². The number of carbonyl (C=O) groups excluding carboxylic acids is 2. The van der Waals surface area contributed by atoms with Crippen LogP contribution in [-0.4, -0.2) is 26.6 Å². The van der Waals surface area contributed by atoms with Crippen LogP contribution in [0.5, 0.6) is 0 Å². The second kappa shape index (κ2) is 9.73. The van der Waals surface area contributed by atoms with Crippen LogP contribution in [0.4, 0.5) is 5.69 Å². The van der Waals surface area contributed by atoms with Crippen molar-refractivity contribution in [3.8, 4) is 0 Å². The first-order chi connectivity index (χ1) is 14.8. The van der Waals surface area contributed by atoms with Gasteiger partial charge in [-0.05, 0) is 49.9 Å². The van der Waals surface area contributed by atoms with E-state index in [0.717, 1.165) is 34.4 Å². The second-order valence-corrected chi connectivity index (χ2v) is 8.35. The molecule has 0 spiro atoms. The molecule has 0 aliphatic carbocycles. The fraction of sp³-hybridized carbons (Fsp3) is 0.417. The van der Waals surface area contributed by atoms with Gasteiger partial charge in [0, 0.05) is 30.4 Å². The third-order valence-electron chi connectivity index (χ3n) is 5.05. The zero-order valence-corrected chi connectivity index (χ0v) is 18.9. The number of rotatable bonds is 8. The van der Waals surface area contributed by atoms with Crippen LogP contribution in [-0.2, 0) is 11.3 Å². The van der Waals surface area contributed by atoms with Crippen molar-refractivity contribution in [3.05, 3.63) is 53.3 Å². The number of nitrogens with zero attached hydrogens (tertiary/aromatic N) is 3. The Morgan fingerprint density at radius 1 is 1.13 bits per heavy atom. The lowest BCUT2D eigenvalue weighted by Crippen LogP contribution is -2.23. The minimum Gasteiger partial charge on any atom is -0.348 e. The maximum atomic E-state index is 13.1. The molecule has 0 atom stereocenters. The highest BCUT2D eigenvalue weighted by molar-refractivity contribution is 6.05. The number of anilines is 1. The second-order valence-electron chi connectivity index (χ2n) is 8.35. The molecule has 3 aromatic rings. The largest absolute Gasteiger partial charge is 0.348 e. The Morgan fingerprint density at radius 2 is 1.90 bits per heavy atom. The van der Waals surface area contributed by atoms with E-state index < -0.39 is 0 Å².